The monoisotopic (exact) mass is 325 g/mol. The highest BCUT2D eigenvalue weighted by molar-refractivity contribution is 7.17. The van der Waals surface area contributed by atoms with Gasteiger partial charge < -0.3 is 9.84 Å². The summed E-state index contributed by atoms with van der Waals surface area (Å²) in [5.41, 5.74) is 3.27. The number of aromatic nitrogens is 1. The number of hydrogen-bond acceptors (Lipinski definition) is 4. The molecule has 1 aromatic heterocycles. The van der Waals surface area contributed by atoms with Gasteiger partial charge in [-0.1, -0.05) is 42.0 Å². The lowest BCUT2D eigenvalue weighted by molar-refractivity contribution is 0.0702. The second-order valence-corrected chi connectivity index (χ2v) is 6.10. The summed E-state index contributed by atoms with van der Waals surface area (Å²) in [4.78, 5) is 16.4. The molecule has 0 fully saturated rings. The number of aryl methyl sites for hydroxylation is 1. The molecule has 3 aromatic rings. The number of thiazole rings is 1. The van der Waals surface area contributed by atoms with E-state index in [2.05, 4.69) is 4.98 Å². The van der Waals surface area contributed by atoms with Crippen molar-refractivity contribution in [3.05, 3.63) is 59.0 Å². The molecule has 0 amide bonds. The minimum Gasteiger partial charge on any atom is -0.497 e. The highest BCUT2D eigenvalue weighted by Gasteiger charge is 2.19. The number of nitrogens with zero attached hydrogens (tertiary/aromatic N) is 1. The van der Waals surface area contributed by atoms with Gasteiger partial charge >= 0.3 is 5.97 Å². The van der Waals surface area contributed by atoms with Gasteiger partial charge in [-0.3, -0.25) is 0 Å². The number of carboxylic acid groups (broad SMARTS) is 1. The first-order valence-electron chi connectivity index (χ1n) is 7.04. The van der Waals surface area contributed by atoms with Crippen molar-refractivity contribution < 1.29 is 14.6 Å². The van der Waals surface area contributed by atoms with E-state index in [4.69, 9.17) is 4.74 Å². The SMILES string of the molecule is COc1cccc(-c2nc(-c3ccc(C)cc3)c(C(=O)O)s2)c1. The van der Waals surface area contributed by atoms with Gasteiger partial charge in [-0.2, -0.15) is 0 Å². The summed E-state index contributed by atoms with van der Waals surface area (Å²) in [7, 11) is 1.60. The summed E-state index contributed by atoms with van der Waals surface area (Å²) >= 11 is 1.17. The fourth-order valence-corrected chi connectivity index (χ4v) is 3.17. The second-order valence-electron chi connectivity index (χ2n) is 5.10. The molecule has 1 heterocycles. The van der Waals surface area contributed by atoms with Crippen molar-refractivity contribution in [2.24, 2.45) is 0 Å². The number of carbonyl (C=O) groups is 1. The zero-order valence-corrected chi connectivity index (χ0v) is 13.6. The van der Waals surface area contributed by atoms with Gasteiger partial charge in [0.05, 0.1) is 12.8 Å². The van der Waals surface area contributed by atoms with Crippen LogP contribution in [0.1, 0.15) is 15.2 Å². The summed E-state index contributed by atoms with van der Waals surface area (Å²) in [6, 6.07) is 15.1. The zero-order valence-electron chi connectivity index (χ0n) is 12.7. The van der Waals surface area contributed by atoms with Crippen molar-refractivity contribution in [2.45, 2.75) is 6.92 Å². The fourth-order valence-electron chi connectivity index (χ4n) is 2.25. The molecule has 1 N–H and O–H groups in total. The molecule has 5 heteroatoms. The van der Waals surface area contributed by atoms with E-state index < -0.39 is 5.97 Å². The molecule has 0 aliphatic rings. The van der Waals surface area contributed by atoms with Crippen LogP contribution in [0.5, 0.6) is 5.75 Å². The van der Waals surface area contributed by atoms with Crippen LogP contribution in [-0.4, -0.2) is 23.2 Å². The summed E-state index contributed by atoms with van der Waals surface area (Å²) < 4.78 is 5.22. The average molecular weight is 325 g/mol. The zero-order chi connectivity index (χ0) is 16.4. The van der Waals surface area contributed by atoms with Crippen LogP contribution in [-0.2, 0) is 0 Å². The molecule has 0 atom stereocenters. The van der Waals surface area contributed by atoms with E-state index in [9.17, 15) is 9.90 Å². The van der Waals surface area contributed by atoms with Crippen LogP contribution in [0.4, 0.5) is 0 Å². The van der Waals surface area contributed by atoms with E-state index in [1.165, 1.54) is 11.3 Å². The van der Waals surface area contributed by atoms with Crippen LogP contribution in [0.2, 0.25) is 0 Å². The van der Waals surface area contributed by atoms with Crippen LogP contribution >= 0.6 is 11.3 Å². The molecule has 0 aliphatic heterocycles. The van der Waals surface area contributed by atoms with Gasteiger partial charge in [-0.05, 0) is 19.1 Å². The molecule has 0 spiro atoms. The Labute approximate surface area is 138 Å². The summed E-state index contributed by atoms with van der Waals surface area (Å²) in [6.07, 6.45) is 0. The fraction of sp³-hybridized carbons (Fsp3) is 0.111. The summed E-state index contributed by atoms with van der Waals surface area (Å²) in [5, 5.41) is 10.2. The molecule has 116 valence electrons. The lowest BCUT2D eigenvalue weighted by Gasteiger charge is -2.01. The first kappa shape index (κ1) is 15.2. The molecular formula is C18H15NO3S. The maximum atomic E-state index is 11.6. The number of aromatic carboxylic acids is 1. The Bertz CT molecular complexity index is 853. The molecule has 0 saturated heterocycles. The highest BCUT2D eigenvalue weighted by atomic mass is 32.1. The normalized spacial score (nSPS) is 10.5. The molecule has 4 nitrogen and oxygen atoms in total. The lowest BCUT2D eigenvalue weighted by atomic mass is 10.1. The molecule has 2 aromatic carbocycles. The molecule has 0 saturated carbocycles. The summed E-state index contributed by atoms with van der Waals surface area (Å²) in [6.45, 7) is 1.99. The van der Waals surface area contributed by atoms with Gasteiger partial charge in [0.2, 0.25) is 0 Å². The predicted octanol–water partition coefficient (Wildman–Crippen LogP) is 4.49. The Morgan fingerprint density at radius 3 is 2.52 bits per heavy atom. The molecule has 0 bridgehead atoms. The van der Waals surface area contributed by atoms with E-state index in [0.717, 1.165) is 16.7 Å². The smallest absolute Gasteiger partial charge is 0.348 e. The Balaban J connectivity index is 2.12. The van der Waals surface area contributed by atoms with Crippen LogP contribution < -0.4 is 4.74 Å². The first-order chi connectivity index (χ1) is 11.1. The van der Waals surface area contributed by atoms with Crippen molar-refractivity contribution in [1.29, 1.82) is 0 Å². The second kappa shape index (κ2) is 6.22. The van der Waals surface area contributed by atoms with Crippen molar-refractivity contribution >= 4 is 17.3 Å². The van der Waals surface area contributed by atoms with Crippen molar-refractivity contribution in [1.82, 2.24) is 4.98 Å². The van der Waals surface area contributed by atoms with E-state index in [-0.39, 0.29) is 4.88 Å². The van der Waals surface area contributed by atoms with Crippen molar-refractivity contribution in [3.63, 3.8) is 0 Å². The molecular weight excluding hydrogens is 310 g/mol. The van der Waals surface area contributed by atoms with Crippen LogP contribution in [0.3, 0.4) is 0 Å². The van der Waals surface area contributed by atoms with E-state index in [0.29, 0.717) is 16.5 Å². The van der Waals surface area contributed by atoms with Crippen LogP contribution in [0.15, 0.2) is 48.5 Å². The molecule has 23 heavy (non-hydrogen) atoms. The Morgan fingerprint density at radius 1 is 1.13 bits per heavy atom. The lowest BCUT2D eigenvalue weighted by Crippen LogP contribution is -1.95. The number of ether oxygens (including phenoxy) is 1. The number of rotatable bonds is 4. The molecule has 0 aliphatic carbocycles. The van der Waals surface area contributed by atoms with Crippen molar-refractivity contribution in [2.75, 3.05) is 7.11 Å². The van der Waals surface area contributed by atoms with E-state index in [1.807, 2.05) is 55.5 Å². The third-order valence-electron chi connectivity index (χ3n) is 3.46. The Kier molecular flexibility index (Phi) is 4.12. The third-order valence-corrected chi connectivity index (χ3v) is 4.56. The highest BCUT2D eigenvalue weighted by Crippen LogP contribution is 2.35. The summed E-state index contributed by atoms with van der Waals surface area (Å²) in [5.74, 6) is -0.251. The van der Waals surface area contributed by atoms with Crippen LogP contribution in [0.25, 0.3) is 21.8 Å². The minimum absolute atomic E-state index is 0.242. The molecule has 3 rings (SSSR count). The van der Waals surface area contributed by atoms with Gasteiger partial charge in [-0.15, -0.1) is 11.3 Å². The van der Waals surface area contributed by atoms with Crippen LogP contribution in [0, 0.1) is 6.92 Å². The molecule has 0 unspecified atom stereocenters. The topological polar surface area (TPSA) is 59.4 Å². The van der Waals surface area contributed by atoms with Gasteiger partial charge in [-0.25, -0.2) is 9.78 Å². The minimum atomic E-state index is -0.966. The Morgan fingerprint density at radius 2 is 1.87 bits per heavy atom. The van der Waals surface area contributed by atoms with Gasteiger partial charge in [0.1, 0.15) is 15.6 Å². The Hall–Kier alpha value is -2.66. The maximum absolute atomic E-state index is 11.6. The van der Waals surface area contributed by atoms with E-state index >= 15 is 0 Å². The van der Waals surface area contributed by atoms with Gasteiger partial charge in [0.15, 0.2) is 0 Å². The average Bonchev–Trinajstić information content (AvgIpc) is 3.01. The first-order valence-corrected chi connectivity index (χ1v) is 7.85. The maximum Gasteiger partial charge on any atom is 0.348 e. The number of benzene rings is 2. The van der Waals surface area contributed by atoms with Crippen molar-refractivity contribution in [3.8, 4) is 27.6 Å². The largest absolute Gasteiger partial charge is 0.497 e. The van der Waals surface area contributed by atoms with Gasteiger partial charge in [0, 0.05) is 11.1 Å². The number of methoxy groups -OCH3 is 1. The number of carboxylic acids is 1. The standard InChI is InChI=1S/C18H15NO3S/c1-11-6-8-12(9-7-11)15-16(18(20)21)23-17(19-15)13-4-3-5-14(10-13)22-2/h3-10H,1-2H3,(H,20,21). The quantitative estimate of drug-likeness (QED) is 0.767. The third kappa shape index (κ3) is 3.10. The predicted molar refractivity (Wildman–Crippen MR) is 91.2 cm³/mol. The molecule has 0 radical (unpaired) electrons. The number of hydrogen-bond donors (Lipinski definition) is 1. The van der Waals surface area contributed by atoms with E-state index in [1.54, 1.807) is 7.11 Å². The van der Waals surface area contributed by atoms with Gasteiger partial charge in [0.25, 0.3) is 0 Å².